The average molecular weight is 1140 g/mol. The molecule has 0 radical (unpaired) electrons. The summed E-state index contributed by atoms with van der Waals surface area (Å²) >= 11 is 0. The summed E-state index contributed by atoms with van der Waals surface area (Å²) in [4.78, 5) is 0. The van der Waals surface area contributed by atoms with Crippen LogP contribution in [0.3, 0.4) is 0 Å². The summed E-state index contributed by atoms with van der Waals surface area (Å²) in [6, 6.07) is 0. The first-order valence-electron chi connectivity index (χ1n) is 18.0. The predicted molar refractivity (Wildman–Crippen MR) is 185 cm³/mol. The lowest BCUT2D eigenvalue weighted by molar-refractivity contribution is -0.383. The standard InChI is InChI=1S/C24H42O39S6/c25-1-5-9(27)11(29)18(61-67(42,43)44)22(54-5)57-15-8(4-52-65(36,37)38)56-23(19(13(15)31)62-68(45,46)47)59-16-10(28)6(2-26)55-24(20(16)63-69(48,49)50)58-14-7(3-51-64(33,34)35)53-21(32)17(12(14)30)60-66(39,40)41/h5-32H,1-4H2,(H,33,34,35)(H,36,37,38)(H,39,40,41)(H,42,43,44)(H,45,46,47)(H,48,49,50)/p-6/t5-,6-,7-,8-,9+,10+,11+,12+,13+,14+,15+,16+,17-,18-,19-,20-,21+,22+,23-,24+/m1/s1. The predicted octanol–water partition coefficient (Wildman–Crippen LogP) is -12.8. The van der Waals surface area contributed by atoms with E-state index in [4.69, 9.17) is 33.2 Å². The summed E-state index contributed by atoms with van der Waals surface area (Å²) in [5.41, 5.74) is 0. The van der Waals surface area contributed by atoms with Crippen molar-refractivity contribution in [2.45, 2.75) is 123 Å². The molecule has 0 bridgehead atoms. The molecule has 408 valence electrons. The van der Waals surface area contributed by atoms with Gasteiger partial charge in [-0.15, -0.1) is 0 Å². The molecular weight excluding hydrogens is 1100 g/mol. The Balaban J connectivity index is 1.84. The lowest BCUT2D eigenvalue weighted by Crippen LogP contribution is -2.68. The van der Waals surface area contributed by atoms with E-state index >= 15 is 0 Å². The minimum absolute atomic E-state index is 1.29. The lowest BCUT2D eigenvalue weighted by atomic mass is 9.95. The first kappa shape index (κ1) is 60.2. The van der Waals surface area contributed by atoms with Crippen molar-refractivity contribution in [2.24, 2.45) is 0 Å². The van der Waals surface area contributed by atoms with Crippen LogP contribution in [0.15, 0.2) is 0 Å². The summed E-state index contributed by atoms with van der Waals surface area (Å²) in [6.45, 7) is -6.26. The van der Waals surface area contributed by atoms with Crippen LogP contribution >= 0.6 is 0 Å². The fourth-order valence-electron chi connectivity index (χ4n) is 6.71. The van der Waals surface area contributed by atoms with Gasteiger partial charge in [0.2, 0.25) is 62.4 Å². The second kappa shape index (κ2) is 23.0. The van der Waals surface area contributed by atoms with Gasteiger partial charge >= 0.3 is 0 Å². The van der Waals surface area contributed by atoms with Crippen molar-refractivity contribution < 1.29 is 177 Å². The topological polar surface area (TPSA) is 625 Å². The summed E-state index contributed by atoms with van der Waals surface area (Å²) < 4.78 is 271. The monoisotopic (exact) mass is 1140 g/mol. The van der Waals surface area contributed by atoms with E-state index in [2.05, 4.69) is 25.1 Å². The Kier molecular flexibility index (Phi) is 20.1. The van der Waals surface area contributed by atoms with Crippen LogP contribution in [0.5, 0.6) is 0 Å². The number of rotatable bonds is 22. The number of aliphatic hydroxyl groups excluding tert-OH is 8. The van der Waals surface area contributed by atoms with Crippen molar-refractivity contribution >= 4 is 62.4 Å². The average Bonchev–Trinajstić information content (AvgIpc) is 3.17. The molecule has 20 atom stereocenters. The molecule has 0 amide bonds. The van der Waals surface area contributed by atoms with Crippen LogP contribution in [-0.4, -0.2) is 268 Å². The first-order chi connectivity index (χ1) is 31.3. The Morgan fingerprint density at radius 1 is 0.348 bits per heavy atom. The second-order valence-corrected chi connectivity index (χ2v) is 20.2. The van der Waals surface area contributed by atoms with E-state index in [0.29, 0.717) is 0 Å². The highest BCUT2D eigenvalue weighted by molar-refractivity contribution is 7.82. The van der Waals surface area contributed by atoms with Gasteiger partial charge in [0.05, 0.1) is 26.4 Å². The molecule has 0 aliphatic carbocycles. The molecule has 0 spiro atoms. The molecule has 4 aliphatic rings. The summed E-state index contributed by atoms with van der Waals surface area (Å²) in [7, 11) is -36.2. The Labute approximate surface area is 387 Å². The van der Waals surface area contributed by atoms with Gasteiger partial charge in [-0.1, -0.05) is 0 Å². The zero-order valence-electron chi connectivity index (χ0n) is 33.1. The van der Waals surface area contributed by atoms with Crippen LogP contribution in [-0.2, 0) is 121 Å². The van der Waals surface area contributed by atoms with E-state index in [1.807, 2.05) is 0 Å². The minimum Gasteiger partial charge on any atom is -0.726 e. The normalized spacial score (nSPS) is 40.1. The molecule has 4 saturated heterocycles. The van der Waals surface area contributed by atoms with E-state index in [-0.39, 0.29) is 0 Å². The Bertz CT molecular complexity index is 2400. The molecule has 4 heterocycles. The van der Waals surface area contributed by atoms with Crippen LogP contribution in [0.1, 0.15) is 0 Å². The zero-order chi connectivity index (χ0) is 52.6. The van der Waals surface area contributed by atoms with Gasteiger partial charge < -0.3 is 101 Å². The van der Waals surface area contributed by atoms with Gasteiger partial charge in [-0.25, -0.2) is 50.5 Å². The van der Waals surface area contributed by atoms with Crippen molar-refractivity contribution in [3.8, 4) is 0 Å². The van der Waals surface area contributed by atoms with Crippen LogP contribution in [0.4, 0.5) is 0 Å². The van der Waals surface area contributed by atoms with Crippen LogP contribution in [0, 0.1) is 0 Å². The van der Waals surface area contributed by atoms with Crippen LogP contribution in [0.2, 0.25) is 0 Å². The van der Waals surface area contributed by atoms with Crippen molar-refractivity contribution in [2.75, 3.05) is 26.4 Å². The van der Waals surface area contributed by atoms with Gasteiger partial charge in [-0.3, -0.25) is 25.1 Å². The quantitative estimate of drug-likeness (QED) is 0.0369. The van der Waals surface area contributed by atoms with Gasteiger partial charge in [0.25, 0.3) is 0 Å². The Morgan fingerprint density at radius 2 is 0.667 bits per heavy atom. The third kappa shape index (κ3) is 17.4. The minimum atomic E-state index is -6.31. The van der Waals surface area contributed by atoms with Gasteiger partial charge in [0.1, 0.15) is 73.2 Å². The van der Waals surface area contributed by atoms with Gasteiger partial charge in [-0.2, -0.15) is 0 Å². The molecule has 4 rings (SSSR count). The molecule has 0 aromatic heterocycles. The molecule has 0 unspecified atom stereocenters. The maximum Gasteiger partial charge on any atom is 0.218 e. The maximum absolute atomic E-state index is 12.1. The third-order valence-electron chi connectivity index (χ3n) is 9.42. The van der Waals surface area contributed by atoms with E-state index in [1.54, 1.807) is 0 Å². The fraction of sp³-hybridized carbons (Fsp3) is 1.00. The van der Waals surface area contributed by atoms with Crippen molar-refractivity contribution in [1.29, 1.82) is 0 Å². The Morgan fingerprint density at radius 3 is 1.07 bits per heavy atom. The molecule has 0 saturated carbocycles. The van der Waals surface area contributed by atoms with Crippen molar-refractivity contribution in [3.05, 3.63) is 0 Å². The third-order valence-corrected chi connectivity index (χ3v) is 12.1. The first-order valence-corrected chi connectivity index (χ1v) is 26.0. The summed E-state index contributed by atoms with van der Waals surface area (Å²) in [5.74, 6) is 0. The molecule has 69 heavy (non-hydrogen) atoms. The van der Waals surface area contributed by atoms with Gasteiger partial charge in [0, 0.05) is 0 Å². The largest absolute Gasteiger partial charge is 0.726 e. The highest BCUT2D eigenvalue weighted by Crippen LogP contribution is 2.38. The van der Waals surface area contributed by atoms with E-state index in [0.717, 1.165) is 0 Å². The molecule has 45 heteroatoms. The molecule has 0 aromatic rings. The molecule has 0 aromatic carbocycles. The molecule has 4 fully saturated rings. The van der Waals surface area contributed by atoms with E-state index < -0.39 is 212 Å². The van der Waals surface area contributed by atoms with Crippen LogP contribution < -0.4 is 0 Å². The lowest BCUT2D eigenvalue weighted by Gasteiger charge is -2.50. The van der Waals surface area contributed by atoms with Crippen molar-refractivity contribution in [3.63, 3.8) is 0 Å². The van der Waals surface area contributed by atoms with E-state index in [1.165, 1.54) is 0 Å². The number of ether oxygens (including phenoxy) is 7. The highest BCUT2D eigenvalue weighted by atomic mass is 32.3. The molecular formula is C24H36O39S6-6. The van der Waals surface area contributed by atoms with E-state index in [9.17, 15) is 119 Å². The molecule has 39 nitrogen and oxygen atoms in total. The zero-order valence-corrected chi connectivity index (χ0v) is 38.0. The van der Waals surface area contributed by atoms with Crippen molar-refractivity contribution in [1.82, 2.24) is 0 Å². The Hall–Kier alpha value is -1.38. The number of hydrogen-bond acceptors (Lipinski definition) is 39. The number of aliphatic hydroxyl groups is 8. The molecule has 4 aliphatic heterocycles. The van der Waals surface area contributed by atoms with Gasteiger partial charge in [0.15, 0.2) is 49.6 Å². The summed E-state index contributed by atoms with van der Waals surface area (Å²) in [5, 5.41) is 84.4. The number of hydrogen-bond donors (Lipinski definition) is 8. The maximum atomic E-state index is 12.1. The second-order valence-electron chi connectivity index (χ2n) is 14.1. The SMILES string of the molecule is O=S(=O)([O-])OC[C@H]1O[C@H](O)[C@H](OS(=O)(=O)[O-])[C@@H](O)[C@H]1O[C@@H]1O[C@H](CO)[C@H](O)[C@H](O[C@H]2O[C@H](COS(=O)(=O)[O-])[C@H](O[C@@H]3O[C@H](CO)[C@H](O)[C@H](O)[C@H]3OS(=O)(=O)[O-])[C@H](O)[C@H]2OS(=O)(=O)[O-])[C@H]1OS(=O)(=O)[O-]. The summed E-state index contributed by atoms with van der Waals surface area (Å²) in [6.07, 6.45) is -54.8. The highest BCUT2D eigenvalue weighted by Gasteiger charge is 2.58. The smallest absolute Gasteiger partial charge is 0.218 e. The molecule has 8 N–H and O–H groups in total. The van der Waals surface area contributed by atoms with Gasteiger partial charge in [-0.05, 0) is 0 Å². The fourth-order valence-corrected chi connectivity index (χ4v) is 9.22. The van der Waals surface area contributed by atoms with Crippen LogP contribution in [0.25, 0.3) is 0 Å².